The maximum atomic E-state index is 12.4. The second-order valence-electron chi connectivity index (χ2n) is 6.19. The molecule has 1 saturated heterocycles. The van der Waals surface area contributed by atoms with Crippen molar-refractivity contribution in [2.75, 3.05) is 13.1 Å². The summed E-state index contributed by atoms with van der Waals surface area (Å²) in [5.74, 6) is 1.51. The lowest BCUT2D eigenvalue weighted by Gasteiger charge is -2.26. The molecule has 1 aromatic heterocycles. The Morgan fingerprint density at radius 3 is 2.52 bits per heavy atom. The van der Waals surface area contributed by atoms with Gasteiger partial charge in [0.15, 0.2) is 0 Å². The molecule has 4 heteroatoms. The molecule has 23 heavy (non-hydrogen) atoms. The van der Waals surface area contributed by atoms with E-state index in [1.54, 1.807) is 0 Å². The van der Waals surface area contributed by atoms with Crippen LogP contribution in [0, 0.1) is 6.92 Å². The number of hydrogen-bond acceptors (Lipinski definition) is 3. The minimum absolute atomic E-state index is 0.161. The monoisotopic (exact) mass is 312 g/mol. The summed E-state index contributed by atoms with van der Waals surface area (Å²) in [4.78, 5) is 18.9. The summed E-state index contributed by atoms with van der Waals surface area (Å²) in [7, 11) is 0. The Labute approximate surface area is 137 Å². The lowest BCUT2D eigenvalue weighted by atomic mass is 10.1. The van der Waals surface area contributed by atoms with Crippen molar-refractivity contribution in [3.63, 3.8) is 0 Å². The van der Waals surface area contributed by atoms with Gasteiger partial charge in [0.1, 0.15) is 5.76 Å². The molecule has 1 fully saturated rings. The molecule has 1 aromatic carbocycles. The van der Waals surface area contributed by atoms with E-state index >= 15 is 0 Å². The Balaban J connectivity index is 1.73. The second kappa shape index (κ2) is 6.99. The summed E-state index contributed by atoms with van der Waals surface area (Å²) in [5.41, 5.74) is 3.01. The Morgan fingerprint density at radius 2 is 1.87 bits per heavy atom. The van der Waals surface area contributed by atoms with Crippen molar-refractivity contribution in [1.29, 1.82) is 0 Å². The highest BCUT2D eigenvalue weighted by Gasteiger charge is 2.20. The number of carbonyl (C=O) groups excluding carboxylic acids is 1. The number of nitrogens with zero attached hydrogens (tertiary/aromatic N) is 2. The number of carbonyl (C=O) groups is 1. The van der Waals surface area contributed by atoms with Gasteiger partial charge in [-0.1, -0.05) is 19.1 Å². The standard InChI is InChI=1S/C19H24N2O2/c1-3-15-7-9-16(10-8-15)19-20-17(14(2)23-19)13-18(22)21-11-5-4-6-12-21/h7-10H,3-6,11-13H2,1-2H3. The van der Waals surface area contributed by atoms with Crippen molar-refractivity contribution >= 4 is 5.91 Å². The highest BCUT2D eigenvalue weighted by atomic mass is 16.4. The van der Waals surface area contributed by atoms with Crippen LogP contribution in [0.3, 0.4) is 0 Å². The van der Waals surface area contributed by atoms with Crippen LogP contribution in [-0.2, 0) is 17.6 Å². The zero-order chi connectivity index (χ0) is 16.2. The molecule has 0 aliphatic carbocycles. The molecule has 1 aliphatic heterocycles. The first-order valence-electron chi connectivity index (χ1n) is 8.50. The van der Waals surface area contributed by atoms with Gasteiger partial charge in [0.2, 0.25) is 11.8 Å². The van der Waals surface area contributed by atoms with E-state index in [1.807, 2.05) is 24.0 Å². The number of aryl methyl sites for hydroxylation is 2. The van der Waals surface area contributed by atoms with Gasteiger partial charge in [0.25, 0.3) is 0 Å². The Hall–Kier alpha value is -2.10. The van der Waals surface area contributed by atoms with Crippen LogP contribution in [0.15, 0.2) is 28.7 Å². The zero-order valence-electron chi connectivity index (χ0n) is 14.0. The Kier molecular flexibility index (Phi) is 4.79. The van der Waals surface area contributed by atoms with Gasteiger partial charge in [-0.2, -0.15) is 0 Å². The van der Waals surface area contributed by atoms with Crippen molar-refractivity contribution < 1.29 is 9.21 Å². The molecule has 122 valence electrons. The minimum atomic E-state index is 0.161. The summed E-state index contributed by atoms with van der Waals surface area (Å²) in [6.07, 6.45) is 4.80. The average Bonchev–Trinajstić information content (AvgIpc) is 2.96. The highest BCUT2D eigenvalue weighted by molar-refractivity contribution is 5.78. The number of aromatic nitrogens is 1. The molecular formula is C19H24N2O2. The van der Waals surface area contributed by atoms with Gasteiger partial charge < -0.3 is 9.32 Å². The summed E-state index contributed by atoms with van der Waals surface area (Å²) >= 11 is 0. The van der Waals surface area contributed by atoms with Gasteiger partial charge in [-0.3, -0.25) is 4.79 Å². The summed E-state index contributed by atoms with van der Waals surface area (Å²) in [5, 5.41) is 0. The largest absolute Gasteiger partial charge is 0.441 e. The third-order valence-electron chi connectivity index (χ3n) is 4.53. The molecule has 2 aromatic rings. The molecule has 3 rings (SSSR count). The van der Waals surface area contributed by atoms with E-state index in [9.17, 15) is 4.79 Å². The quantitative estimate of drug-likeness (QED) is 0.863. The van der Waals surface area contributed by atoms with Crippen LogP contribution >= 0.6 is 0 Å². The Bertz CT molecular complexity index is 667. The van der Waals surface area contributed by atoms with Crippen LogP contribution in [0.5, 0.6) is 0 Å². The van der Waals surface area contributed by atoms with Crippen molar-refractivity contribution in [3.8, 4) is 11.5 Å². The number of amides is 1. The predicted molar refractivity (Wildman–Crippen MR) is 90.2 cm³/mol. The van der Waals surface area contributed by atoms with Crippen molar-refractivity contribution in [2.45, 2.75) is 46.0 Å². The third-order valence-corrected chi connectivity index (χ3v) is 4.53. The molecule has 4 nitrogen and oxygen atoms in total. The van der Waals surface area contributed by atoms with Crippen LogP contribution < -0.4 is 0 Å². The molecule has 1 aliphatic rings. The number of oxazole rings is 1. The fourth-order valence-electron chi connectivity index (χ4n) is 3.00. The van der Waals surface area contributed by atoms with Crippen LogP contribution in [0.2, 0.25) is 0 Å². The topological polar surface area (TPSA) is 46.3 Å². The van der Waals surface area contributed by atoms with Crippen molar-refractivity contribution in [2.24, 2.45) is 0 Å². The first-order chi connectivity index (χ1) is 11.2. The first kappa shape index (κ1) is 15.8. The number of likely N-dealkylation sites (tertiary alicyclic amines) is 1. The first-order valence-corrected chi connectivity index (χ1v) is 8.50. The maximum Gasteiger partial charge on any atom is 0.228 e. The maximum absolute atomic E-state index is 12.4. The number of hydrogen-bond donors (Lipinski definition) is 0. The van der Waals surface area contributed by atoms with Gasteiger partial charge in [-0.05, 0) is 50.3 Å². The molecule has 1 amide bonds. The van der Waals surface area contributed by atoms with Gasteiger partial charge in [0.05, 0.1) is 12.1 Å². The number of rotatable bonds is 4. The molecular weight excluding hydrogens is 288 g/mol. The van der Waals surface area contributed by atoms with Crippen LogP contribution in [0.25, 0.3) is 11.5 Å². The fourth-order valence-corrected chi connectivity index (χ4v) is 3.00. The van der Waals surface area contributed by atoms with Crippen LogP contribution in [0.1, 0.15) is 43.2 Å². The van der Waals surface area contributed by atoms with E-state index in [-0.39, 0.29) is 5.91 Å². The van der Waals surface area contributed by atoms with E-state index in [2.05, 4.69) is 24.0 Å². The van der Waals surface area contributed by atoms with Gasteiger partial charge in [-0.25, -0.2) is 4.98 Å². The van der Waals surface area contributed by atoms with E-state index < -0.39 is 0 Å². The summed E-state index contributed by atoms with van der Waals surface area (Å²) < 4.78 is 5.78. The van der Waals surface area contributed by atoms with E-state index in [0.29, 0.717) is 12.3 Å². The SMILES string of the molecule is CCc1ccc(-c2nc(CC(=O)N3CCCCC3)c(C)o2)cc1. The van der Waals surface area contributed by atoms with Gasteiger partial charge in [-0.15, -0.1) is 0 Å². The molecule has 2 heterocycles. The average molecular weight is 312 g/mol. The fraction of sp³-hybridized carbons (Fsp3) is 0.474. The van der Waals surface area contributed by atoms with E-state index in [1.165, 1.54) is 12.0 Å². The van der Waals surface area contributed by atoms with Gasteiger partial charge in [0, 0.05) is 18.7 Å². The summed E-state index contributed by atoms with van der Waals surface area (Å²) in [6, 6.07) is 8.24. The summed E-state index contributed by atoms with van der Waals surface area (Å²) in [6.45, 7) is 5.77. The normalized spacial score (nSPS) is 15.0. The minimum Gasteiger partial charge on any atom is -0.441 e. The van der Waals surface area contributed by atoms with Crippen molar-refractivity contribution in [3.05, 3.63) is 41.3 Å². The second-order valence-corrected chi connectivity index (χ2v) is 6.19. The zero-order valence-corrected chi connectivity index (χ0v) is 14.0. The highest BCUT2D eigenvalue weighted by Crippen LogP contribution is 2.23. The van der Waals surface area contributed by atoms with Crippen molar-refractivity contribution in [1.82, 2.24) is 9.88 Å². The Morgan fingerprint density at radius 1 is 1.17 bits per heavy atom. The molecule has 0 N–H and O–H groups in total. The third kappa shape index (κ3) is 3.63. The van der Waals surface area contributed by atoms with Crippen LogP contribution in [0.4, 0.5) is 0 Å². The molecule has 0 atom stereocenters. The van der Waals surface area contributed by atoms with Crippen LogP contribution in [-0.4, -0.2) is 28.9 Å². The predicted octanol–water partition coefficient (Wildman–Crippen LogP) is 3.77. The smallest absolute Gasteiger partial charge is 0.228 e. The van der Waals surface area contributed by atoms with Gasteiger partial charge >= 0.3 is 0 Å². The number of benzene rings is 1. The molecule has 0 radical (unpaired) electrons. The molecule has 0 spiro atoms. The molecule has 0 unspecified atom stereocenters. The molecule has 0 saturated carbocycles. The lowest BCUT2D eigenvalue weighted by molar-refractivity contribution is -0.131. The number of piperidine rings is 1. The lowest BCUT2D eigenvalue weighted by Crippen LogP contribution is -2.36. The van der Waals surface area contributed by atoms with E-state index in [4.69, 9.17) is 4.42 Å². The molecule has 0 bridgehead atoms. The van der Waals surface area contributed by atoms with E-state index in [0.717, 1.165) is 49.4 Å².